The Kier molecular flexibility index (Phi) is 8.58. The first-order chi connectivity index (χ1) is 14.0. The van der Waals surface area contributed by atoms with E-state index in [1.54, 1.807) is 0 Å². The van der Waals surface area contributed by atoms with Crippen LogP contribution in [0, 0.1) is 10.1 Å². The Hall–Kier alpha value is -3.46. The number of alkyl carbamates (subject to hydrolysis) is 1. The Bertz CT molecular complexity index is 828. The summed E-state index contributed by atoms with van der Waals surface area (Å²) in [6.45, 7) is 0.564. The van der Waals surface area contributed by atoms with E-state index in [9.17, 15) is 19.7 Å². The monoisotopic (exact) mass is 401 g/mol. The first-order valence-electron chi connectivity index (χ1n) is 9.12. The van der Waals surface area contributed by atoms with Gasteiger partial charge in [0.15, 0.2) is 0 Å². The summed E-state index contributed by atoms with van der Waals surface area (Å²) in [5.41, 5.74) is 6.38. The van der Waals surface area contributed by atoms with Gasteiger partial charge in [-0.2, -0.15) is 0 Å². The molecule has 1 atom stereocenters. The van der Waals surface area contributed by atoms with Crippen LogP contribution in [0.25, 0.3) is 0 Å². The average Bonchev–Trinajstić information content (AvgIpc) is 2.72. The van der Waals surface area contributed by atoms with Gasteiger partial charge in [0.1, 0.15) is 12.6 Å². The molecule has 0 aliphatic carbocycles. The fourth-order valence-electron chi connectivity index (χ4n) is 2.45. The van der Waals surface area contributed by atoms with Crippen molar-refractivity contribution in [2.75, 3.05) is 6.54 Å². The number of carbonyl (C=O) groups is 2. The van der Waals surface area contributed by atoms with Crippen LogP contribution in [0.2, 0.25) is 0 Å². The number of hydrogen-bond acceptors (Lipinski definition) is 7. The second-order valence-corrected chi connectivity index (χ2v) is 6.24. The zero-order chi connectivity index (χ0) is 21.1. The van der Waals surface area contributed by atoms with Gasteiger partial charge in [0.2, 0.25) is 5.75 Å². The molecular formula is C20H23N3O6. The van der Waals surface area contributed by atoms with Crippen LogP contribution in [-0.4, -0.2) is 29.6 Å². The van der Waals surface area contributed by atoms with Crippen LogP contribution < -0.4 is 15.8 Å². The lowest BCUT2D eigenvalue weighted by Crippen LogP contribution is -2.34. The van der Waals surface area contributed by atoms with Crippen LogP contribution in [0.3, 0.4) is 0 Å². The lowest BCUT2D eigenvalue weighted by atomic mass is 10.1. The number of ether oxygens (including phenoxy) is 2. The first kappa shape index (κ1) is 21.8. The number of para-hydroxylation sites is 2. The van der Waals surface area contributed by atoms with Gasteiger partial charge < -0.3 is 20.5 Å². The molecule has 0 aliphatic rings. The molecule has 0 radical (unpaired) electrons. The second kappa shape index (κ2) is 11.4. The van der Waals surface area contributed by atoms with E-state index < -0.39 is 23.0 Å². The average molecular weight is 401 g/mol. The molecule has 0 fully saturated rings. The van der Waals surface area contributed by atoms with Crippen LogP contribution >= 0.6 is 0 Å². The van der Waals surface area contributed by atoms with Gasteiger partial charge in [0.25, 0.3) is 0 Å². The van der Waals surface area contributed by atoms with Crippen LogP contribution in [0.1, 0.15) is 24.8 Å². The highest BCUT2D eigenvalue weighted by Gasteiger charge is 2.21. The molecule has 154 valence electrons. The molecule has 2 aromatic carbocycles. The van der Waals surface area contributed by atoms with Crippen molar-refractivity contribution in [1.82, 2.24) is 5.32 Å². The molecule has 0 bridgehead atoms. The van der Waals surface area contributed by atoms with Crippen molar-refractivity contribution in [2.45, 2.75) is 31.9 Å². The number of hydrogen-bond donors (Lipinski definition) is 2. The lowest BCUT2D eigenvalue weighted by Gasteiger charge is -2.11. The van der Waals surface area contributed by atoms with E-state index in [1.807, 2.05) is 30.3 Å². The summed E-state index contributed by atoms with van der Waals surface area (Å²) in [7, 11) is 0. The predicted molar refractivity (Wildman–Crippen MR) is 105 cm³/mol. The van der Waals surface area contributed by atoms with Crippen molar-refractivity contribution in [3.63, 3.8) is 0 Å². The maximum absolute atomic E-state index is 12.0. The van der Waals surface area contributed by atoms with Gasteiger partial charge in [-0.05, 0) is 30.9 Å². The lowest BCUT2D eigenvalue weighted by molar-refractivity contribution is -0.385. The minimum absolute atomic E-state index is 0.138. The molecule has 9 heteroatoms. The Balaban J connectivity index is 1.63. The summed E-state index contributed by atoms with van der Waals surface area (Å²) >= 11 is 0. The van der Waals surface area contributed by atoms with Crippen LogP contribution in [-0.2, 0) is 16.1 Å². The van der Waals surface area contributed by atoms with Crippen LogP contribution in [0.4, 0.5) is 10.5 Å². The fraction of sp³-hybridized carbons (Fsp3) is 0.300. The molecule has 1 amide bonds. The molecule has 2 rings (SSSR count). The third kappa shape index (κ3) is 7.59. The molecule has 9 nitrogen and oxygen atoms in total. The first-order valence-corrected chi connectivity index (χ1v) is 9.12. The SMILES string of the molecule is N[C@@H](CCCCNC(=O)OCc1ccccc1)C(=O)Oc1ccccc1[N+](=O)[O-]. The molecule has 0 unspecified atom stereocenters. The smallest absolute Gasteiger partial charge is 0.407 e. The normalized spacial score (nSPS) is 11.3. The number of unbranched alkanes of at least 4 members (excludes halogenated alkanes) is 1. The molecular weight excluding hydrogens is 378 g/mol. The molecule has 0 heterocycles. The van der Waals surface area contributed by atoms with E-state index in [2.05, 4.69) is 5.32 Å². The minimum atomic E-state index is -0.917. The van der Waals surface area contributed by atoms with Gasteiger partial charge in [-0.25, -0.2) is 9.59 Å². The number of carbonyl (C=O) groups excluding carboxylic acids is 2. The molecule has 0 spiro atoms. The number of amides is 1. The molecule has 0 aromatic heterocycles. The van der Waals surface area contributed by atoms with Gasteiger partial charge in [-0.1, -0.05) is 42.5 Å². The molecule has 2 aromatic rings. The van der Waals surface area contributed by atoms with Crippen LogP contribution in [0.15, 0.2) is 54.6 Å². The topological polar surface area (TPSA) is 134 Å². The second-order valence-electron chi connectivity index (χ2n) is 6.24. The van der Waals surface area contributed by atoms with E-state index in [0.29, 0.717) is 25.8 Å². The van der Waals surface area contributed by atoms with Gasteiger partial charge in [-0.3, -0.25) is 10.1 Å². The van der Waals surface area contributed by atoms with Crippen molar-refractivity contribution in [3.05, 3.63) is 70.3 Å². The zero-order valence-electron chi connectivity index (χ0n) is 15.8. The maximum Gasteiger partial charge on any atom is 0.407 e. The largest absolute Gasteiger partial charge is 0.445 e. The summed E-state index contributed by atoms with van der Waals surface area (Å²) in [4.78, 5) is 34.0. The number of nitrogens with zero attached hydrogens (tertiary/aromatic N) is 1. The molecule has 29 heavy (non-hydrogen) atoms. The minimum Gasteiger partial charge on any atom is -0.445 e. The quantitative estimate of drug-likeness (QED) is 0.205. The third-order valence-electron chi connectivity index (χ3n) is 4.00. The van der Waals surface area contributed by atoms with Crippen molar-refractivity contribution >= 4 is 17.7 Å². The van der Waals surface area contributed by atoms with Gasteiger partial charge in [-0.15, -0.1) is 0 Å². The highest BCUT2D eigenvalue weighted by atomic mass is 16.6. The van der Waals surface area contributed by atoms with E-state index in [4.69, 9.17) is 15.2 Å². The number of benzene rings is 2. The van der Waals surface area contributed by atoms with Gasteiger partial charge in [0.05, 0.1) is 4.92 Å². The Morgan fingerprint density at radius 3 is 2.48 bits per heavy atom. The number of nitrogens with two attached hydrogens (primary N) is 1. The van der Waals surface area contributed by atoms with E-state index in [1.165, 1.54) is 24.3 Å². The summed E-state index contributed by atoms with van der Waals surface area (Å²) in [5, 5.41) is 13.6. The van der Waals surface area contributed by atoms with E-state index >= 15 is 0 Å². The van der Waals surface area contributed by atoms with Crippen LogP contribution in [0.5, 0.6) is 5.75 Å². The standard InChI is InChI=1S/C20H23N3O6/c21-16(19(24)29-18-12-5-4-11-17(18)23(26)27)10-6-7-13-22-20(25)28-14-15-8-2-1-3-9-15/h1-5,8-9,11-12,16H,6-7,10,13-14,21H2,(H,22,25)/t16-/m0/s1. The summed E-state index contributed by atoms with van der Waals surface area (Å²) in [5.74, 6) is -0.879. The number of rotatable bonds is 10. The van der Waals surface area contributed by atoms with Crippen molar-refractivity contribution in [1.29, 1.82) is 0 Å². The van der Waals surface area contributed by atoms with Gasteiger partial charge >= 0.3 is 17.7 Å². The molecule has 0 aliphatic heterocycles. The number of nitro groups is 1. The zero-order valence-corrected chi connectivity index (χ0v) is 15.8. The molecule has 0 saturated carbocycles. The Labute approximate surface area is 168 Å². The maximum atomic E-state index is 12.0. The summed E-state index contributed by atoms with van der Waals surface area (Å²) in [6.07, 6.45) is 0.952. The summed E-state index contributed by atoms with van der Waals surface area (Å²) < 4.78 is 10.1. The summed E-state index contributed by atoms with van der Waals surface area (Å²) in [6, 6.07) is 14.0. The fourth-order valence-corrected chi connectivity index (χ4v) is 2.45. The van der Waals surface area contributed by atoms with Gasteiger partial charge in [0, 0.05) is 12.6 Å². The number of nitro benzene ring substituents is 1. The molecule has 3 N–H and O–H groups in total. The van der Waals surface area contributed by atoms with E-state index in [-0.39, 0.29) is 18.0 Å². The van der Waals surface area contributed by atoms with Crippen molar-refractivity contribution in [2.24, 2.45) is 5.73 Å². The Morgan fingerprint density at radius 2 is 1.76 bits per heavy atom. The van der Waals surface area contributed by atoms with E-state index in [0.717, 1.165) is 5.56 Å². The Morgan fingerprint density at radius 1 is 1.07 bits per heavy atom. The van der Waals surface area contributed by atoms with Crippen molar-refractivity contribution in [3.8, 4) is 5.75 Å². The highest BCUT2D eigenvalue weighted by molar-refractivity contribution is 5.79. The predicted octanol–water partition coefficient (Wildman–Crippen LogP) is 2.92. The molecule has 0 saturated heterocycles. The van der Waals surface area contributed by atoms with Crippen molar-refractivity contribution < 1.29 is 24.0 Å². The third-order valence-corrected chi connectivity index (χ3v) is 4.00. The number of nitrogens with one attached hydrogen (secondary N) is 1. The highest BCUT2D eigenvalue weighted by Crippen LogP contribution is 2.26. The number of esters is 1.